The SMILES string of the molecule is CC(=O)O.Cc1cccc(CC(C)C(=O)O)c1C. The maximum atomic E-state index is 10.7. The van der Waals surface area contributed by atoms with Gasteiger partial charge in [0.05, 0.1) is 5.92 Å². The first kappa shape index (κ1) is 16.2. The predicted octanol–water partition coefficient (Wildman–Crippen LogP) is 2.66. The van der Waals surface area contributed by atoms with E-state index in [1.54, 1.807) is 6.92 Å². The largest absolute Gasteiger partial charge is 0.481 e. The molecule has 0 bridgehead atoms. The lowest BCUT2D eigenvalue weighted by Crippen LogP contribution is -2.13. The molecular weight excluding hydrogens is 232 g/mol. The van der Waals surface area contributed by atoms with Gasteiger partial charge in [-0.15, -0.1) is 0 Å². The Morgan fingerprint density at radius 3 is 2.17 bits per heavy atom. The number of carbonyl (C=O) groups is 2. The van der Waals surface area contributed by atoms with Crippen LogP contribution in [0.25, 0.3) is 0 Å². The molecule has 18 heavy (non-hydrogen) atoms. The Bertz CT molecular complexity index is 420. The van der Waals surface area contributed by atoms with Crippen molar-refractivity contribution in [2.75, 3.05) is 0 Å². The molecule has 0 aliphatic carbocycles. The molecule has 1 atom stereocenters. The molecule has 0 spiro atoms. The topological polar surface area (TPSA) is 74.6 Å². The lowest BCUT2D eigenvalue weighted by atomic mass is 9.95. The molecular formula is C14H20O4. The molecule has 1 aromatic rings. The van der Waals surface area contributed by atoms with E-state index in [0.29, 0.717) is 6.42 Å². The molecule has 0 fully saturated rings. The molecule has 1 aromatic carbocycles. The quantitative estimate of drug-likeness (QED) is 0.867. The van der Waals surface area contributed by atoms with Gasteiger partial charge in [-0.2, -0.15) is 0 Å². The Labute approximate surface area is 107 Å². The molecule has 2 N–H and O–H groups in total. The highest BCUT2D eigenvalue weighted by molar-refractivity contribution is 5.70. The zero-order chi connectivity index (χ0) is 14.3. The van der Waals surface area contributed by atoms with E-state index in [1.165, 1.54) is 11.1 Å². The van der Waals surface area contributed by atoms with E-state index in [4.69, 9.17) is 15.0 Å². The number of aliphatic carboxylic acids is 2. The smallest absolute Gasteiger partial charge is 0.306 e. The van der Waals surface area contributed by atoms with Crippen molar-refractivity contribution in [3.05, 3.63) is 34.9 Å². The molecule has 0 radical (unpaired) electrons. The molecule has 0 aliphatic rings. The van der Waals surface area contributed by atoms with Crippen molar-refractivity contribution in [1.82, 2.24) is 0 Å². The average Bonchev–Trinajstić information content (AvgIpc) is 2.23. The summed E-state index contributed by atoms with van der Waals surface area (Å²) in [7, 11) is 0. The first-order valence-corrected chi connectivity index (χ1v) is 5.73. The summed E-state index contributed by atoms with van der Waals surface area (Å²) in [6.07, 6.45) is 0.614. The van der Waals surface area contributed by atoms with Crippen molar-refractivity contribution in [2.45, 2.75) is 34.1 Å². The fourth-order valence-corrected chi connectivity index (χ4v) is 1.45. The molecule has 0 saturated carbocycles. The lowest BCUT2D eigenvalue weighted by Gasteiger charge is -2.10. The van der Waals surface area contributed by atoms with Crippen LogP contribution in [0.3, 0.4) is 0 Å². The van der Waals surface area contributed by atoms with Crippen molar-refractivity contribution in [1.29, 1.82) is 0 Å². The molecule has 0 saturated heterocycles. The summed E-state index contributed by atoms with van der Waals surface area (Å²) in [5, 5.41) is 16.2. The summed E-state index contributed by atoms with van der Waals surface area (Å²) in [5.74, 6) is -1.87. The van der Waals surface area contributed by atoms with Gasteiger partial charge in [0.15, 0.2) is 0 Å². The second kappa shape index (κ2) is 7.48. The lowest BCUT2D eigenvalue weighted by molar-refractivity contribution is -0.141. The van der Waals surface area contributed by atoms with Gasteiger partial charge in [0, 0.05) is 6.92 Å². The van der Waals surface area contributed by atoms with Gasteiger partial charge in [-0.25, -0.2) is 0 Å². The monoisotopic (exact) mass is 252 g/mol. The van der Waals surface area contributed by atoms with Crippen LogP contribution < -0.4 is 0 Å². The molecule has 0 amide bonds. The molecule has 1 unspecified atom stereocenters. The van der Waals surface area contributed by atoms with Crippen molar-refractivity contribution in [2.24, 2.45) is 5.92 Å². The van der Waals surface area contributed by atoms with Crippen molar-refractivity contribution < 1.29 is 19.8 Å². The first-order valence-electron chi connectivity index (χ1n) is 5.73. The summed E-state index contributed by atoms with van der Waals surface area (Å²) in [4.78, 5) is 19.7. The van der Waals surface area contributed by atoms with Crippen LogP contribution in [-0.4, -0.2) is 22.2 Å². The van der Waals surface area contributed by atoms with Crippen LogP contribution in [0.2, 0.25) is 0 Å². The van der Waals surface area contributed by atoms with Gasteiger partial charge in [0.2, 0.25) is 0 Å². The van der Waals surface area contributed by atoms with E-state index < -0.39 is 11.9 Å². The van der Waals surface area contributed by atoms with Crippen molar-refractivity contribution >= 4 is 11.9 Å². The number of aryl methyl sites for hydroxylation is 1. The number of benzene rings is 1. The van der Waals surface area contributed by atoms with E-state index in [-0.39, 0.29) is 5.92 Å². The van der Waals surface area contributed by atoms with Gasteiger partial charge in [-0.1, -0.05) is 25.1 Å². The minimum absolute atomic E-state index is 0.310. The molecule has 0 heterocycles. The Kier molecular flexibility index (Phi) is 6.71. The summed E-state index contributed by atoms with van der Waals surface area (Å²) >= 11 is 0. The molecule has 100 valence electrons. The summed E-state index contributed by atoms with van der Waals surface area (Å²) in [6, 6.07) is 6.03. The fraction of sp³-hybridized carbons (Fsp3) is 0.429. The summed E-state index contributed by atoms with van der Waals surface area (Å²) in [6.45, 7) is 6.91. The van der Waals surface area contributed by atoms with Crippen LogP contribution >= 0.6 is 0 Å². The third kappa shape index (κ3) is 6.03. The average molecular weight is 252 g/mol. The summed E-state index contributed by atoms with van der Waals surface area (Å²) in [5.41, 5.74) is 3.57. The van der Waals surface area contributed by atoms with Crippen molar-refractivity contribution in [3.8, 4) is 0 Å². The molecule has 0 aliphatic heterocycles. The number of hydrogen-bond donors (Lipinski definition) is 2. The predicted molar refractivity (Wildman–Crippen MR) is 69.7 cm³/mol. The maximum Gasteiger partial charge on any atom is 0.306 e. The number of carboxylic acids is 2. The van der Waals surface area contributed by atoms with Crippen molar-refractivity contribution in [3.63, 3.8) is 0 Å². The van der Waals surface area contributed by atoms with E-state index in [2.05, 4.69) is 0 Å². The van der Waals surface area contributed by atoms with Gasteiger partial charge in [-0.05, 0) is 37.0 Å². The fourth-order valence-electron chi connectivity index (χ4n) is 1.45. The van der Waals surface area contributed by atoms with Gasteiger partial charge >= 0.3 is 5.97 Å². The molecule has 1 rings (SSSR count). The van der Waals surface area contributed by atoms with E-state index in [9.17, 15) is 4.79 Å². The molecule has 4 nitrogen and oxygen atoms in total. The highest BCUT2D eigenvalue weighted by atomic mass is 16.4. The molecule has 4 heteroatoms. The molecule has 0 aromatic heterocycles. The van der Waals surface area contributed by atoms with Crippen LogP contribution in [0.15, 0.2) is 18.2 Å². The van der Waals surface area contributed by atoms with Crippen LogP contribution in [0.5, 0.6) is 0 Å². The minimum atomic E-state index is -0.833. The van der Waals surface area contributed by atoms with Gasteiger partial charge < -0.3 is 10.2 Å². The zero-order valence-corrected chi connectivity index (χ0v) is 11.2. The van der Waals surface area contributed by atoms with E-state index >= 15 is 0 Å². The highest BCUT2D eigenvalue weighted by Gasteiger charge is 2.12. The Morgan fingerprint density at radius 1 is 1.22 bits per heavy atom. The maximum absolute atomic E-state index is 10.7. The third-order valence-electron chi connectivity index (χ3n) is 2.66. The normalized spacial score (nSPS) is 11.1. The highest BCUT2D eigenvalue weighted by Crippen LogP contribution is 2.16. The zero-order valence-electron chi connectivity index (χ0n) is 11.2. The van der Waals surface area contributed by atoms with Gasteiger partial charge in [0.25, 0.3) is 5.97 Å². The minimum Gasteiger partial charge on any atom is -0.481 e. The van der Waals surface area contributed by atoms with Crippen LogP contribution in [0.1, 0.15) is 30.5 Å². The van der Waals surface area contributed by atoms with E-state index in [1.807, 2.05) is 32.0 Å². The van der Waals surface area contributed by atoms with Crippen LogP contribution in [0, 0.1) is 19.8 Å². The first-order chi connectivity index (χ1) is 8.25. The second-order valence-corrected chi connectivity index (χ2v) is 4.32. The van der Waals surface area contributed by atoms with Gasteiger partial charge in [0.1, 0.15) is 0 Å². The standard InChI is InChI=1S/C12H16O2.C2H4O2/c1-8-5-4-6-11(10(8)3)7-9(2)12(13)14;1-2(3)4/h4-6,9H,7H2,1-3H3,(H,13,14);1H3,(H,3,4). The van der Waals surface area contributed by atoms with Gasteiger partial charge in [-0.3, -0.25) is 9.59 Å². The Balaban J connectivity index is 0.000000631. The number of hydrogen-bond acceptors (Lipinski definition) is 2. The third-order valence-corrected chi connectivity index (χ3v) is 2.66. The van der Waals surface area contributed by atoms with Crippen LogP contribution in [0.4, 0.5) is 0 Å². The summed E-state index contributed by atoms with van der Waals surface area (Å²) < 4.78 is 0. The van der Waals surface area contributed by atoms with Crippen LogP contribution in [-0.2, 0) is 16.0 Å². The number of carboxylic acid groups (broad SMARTS) is 2. The Hall–Kier alpha value is -1.84. The van der Waals surface area contributed by atoms with E-state index in [0.717, 1.165) is 12.5 Å². The number of rotatable bonds is 3. The second-order valence-electron chi connectivity index (χ2n) is 4.32. The Morgan fingerprint density at radius 2 is 1.72 bits per heavy atom.